The Morgan fingerprint density at radius 2 is 1.94 bits per heavy atom. The van der Waals surface area contributed by atoms with Crippen LogP contribution in [0.4, 0.5) is 0 Å². The normalized spacial score (nSPS) is 13.5. The minimum absolute atomic E-state index is 0.750. The third-order valence-electron chi connectivity index (χ3n) is 3.24. The van der Waals surface area contributed by atoms with Crippen LogP contribution in [0, 0.1) is 17.8 Å². The highest BCUT2D eigenvalue weighted by Gasteiger charge is 2.13. The van der Waals surface area contributed by atoms with Crippen LogP contribution in [-0.4, -0.2) is 13.1 Å². The van der Waals surface area contributed by atoms with Gasteiger partial charge in [0.15, 0.2) is 0 Å². The van der Waals surface area contributed by atoms with Crippen LogP contribution in [0.25, 0.3) is 0 Å². The molecular weight excluding hydrogens is 226 g/mol. The van der Waals surface area contributed by atoms with E-state index in [1.807, 2.05) is 11.3 Å². The van der Waals surface area contributed by atoms with Crippen LogP contribution in [0.3, 0.4) is 0 Å². The Bertz CT molecular complexity index is 277. The Hall–Kier alpha value is -0.340. The first-order valence-electron chi connectivity index (χ1n) is 6.82. The van der Waals surface area contributed by atoms with Crippen molar-refractivity contribution in [1.29, 1.82) is 0 Å². The highest BCUT2D eigenvalue weighted by atomic mass is 32.1. The van der Waals surface area contributed by atoms with E-state index in [1.54, 1.807) is 0 Å². The van der Waals surface area contributed by atoms with E-state index in [0.29, 0.717) is 0 Å². The topological polar surface area (TPSA) is 12.0 Å². The molecular formula is C15H27NS. The van der Waals surface area contributed by atoms with Gasteiger partial charge in [0.2, 0.25) is 0 Å². The van der Waals surface area contributed by atoms with Crippen LogP contribution in [0.1, 0.15) is 39.0 Å². The molecule has 0 radical (unpaired) electrons. The molecule has 0 saturated heterocycles. The molecule has 1 N–H and O–H groups in total. The van der Waals surface area contributed by atoms with Gasteiger partial charge in [0, 0.05) is 4.88 Å². The summed E-state index contributed by atoms with van der Waals surface area (Å²) in [4.78, 5) is 1.53. The number of hydrogen-bond acceptors (Lipinski definition) is 2. The molecule has 1 rings (SSSR count). The summed E-state index contributed by atoms with van der Waals surface area (Å²) in [6.07, 6.45) is 2.55. The van der Waals surface area contributed by atoms with Crippen LogP contribution in [-0.2, 0) is 6.42 Å². The molecule has 0 aliphatic heterocycles. The second kappa shape index (κ2) is 7.88. The average molecular weight is 253 g/mol. The summed E-state index contributed by atoms with van der Waals surface area (Å²) in [5.74, 6) is 2.32. The van der Waals surface area contributed by atoms with E-state index in [0.717, 1.165) is 24.3 Å². The molecule has 17 heavy (non-hydrogen) atoms. The Morgan fingerprint density at radius 3 is 2.47 bits per heavy atom. The zero-order valence-electron chi connectivity index (χ0n) is 11.7. The maximum absolute atomic E-state index is 3.60. The van der Waals surface area contributed by atoms with Crippen molar-refractivity contribution >= 4 is 11.3 Å². The molecule has 1 unspecified atom stereocenters. The largest absolute Gasteiger partial charge is 0.316 e. The lowest BCUT2D eigenvalue weighted by molar-refractivity contribution is 0.335. The zero-order chi connectivity index (χ0) is 12.7. The summed E-state index contributed by atoms with van der Waals surface area (Å²) in [7, 11) is 0. The van der Waals surface area contributed by atoms with Crippen LogP contribution >= 0.6 is 11.3 Å². The summed E-state index contributed by atoms with van der Waals surface area (Å²) in [5, 5.41) is 5.78. The second-order valence-electron chi connectivity index (χ2n) is 5.67. The molecule has 0 spiro atoms. The molecule has 1 heterocycles. The van der Waals surface area contributed by atoms with Crippen LogP contribution in [0.5, 0.6) is 0 Å². The van der Waals surface area contributed by atoms with Gasteiger partial charge in [-0.05, 0) is 55.1 Å². The third kappa shape index (κ3) is 6.23. The van der Waals surface area contributed by atoms with Crippen molar-refractivity contribution in [2.24, 2.45) is 17.8 Å². The SMILES string of the molecule is CC(C)CNCC(CCc1cccs1)C(C)C. The van der Waals surface area contributed by atoms with Crippen molar-refractivity contribution in [3.8, 4) is 0 Å². The van der Waals surface area contributed by atoms with Crippen molar-refractivity contribution in [3.63, 3.8) is 0 Å². The lowest BCUT2D eigenvalue weighted by Crippen LogP contribution is -2.29. The summed E-state index contributed by atoms with van der Waals surface area (Å²) < 4.78 is 0. The fraction of sp³-hybridized carbons (Fsp3) is 0.733. The highest BCUT2D eigenvalue weighted by molar-refractivity contribution is 7.09. The van der Waals surface area contributed by atoms with E-state index in [1.165, 1.54) is 24.3 Å². The molecule has 0 bridgehead atoms. The first-order valence-corrected chi connectivity index (χ1v) is 7.70. The molecule has 1 aromatic heterocycles. The van der Waals surface area contributed by atoms with Gasteiger partial charge in [0.05, 0.1) is 0 Å². The lowest BCUT2D eigenvalue weighted by atomic mass is 9.90. The van der Waals surface area contributed by atoms with Gasteiger partial charge in [-0.1, -0.05) is 33.8 Å². The number of thiophene rings is 1. The smallest absolute Gasteiger partial charge is 0.00453 e. The van der Waals surface area contributed by atoms with Gasteiger partial charge in [-0.2, -0.15) is 0 Å². The van der Waals surface area contributed by atoms with E-state index in [4.69, 9.17) is 0 Å². The van der Waals surface area contributed by atoms with Gasteiger partial charge in [0.25, 0.3) is 0 Å². The van der Waals surface area contributed by atoms with E-state index in [-0.39, 0.29) is 0 Å². The molecule has 0 aliphatic rings. The van der Waals surface area contributed by atoms with Crippen molar-refractivity contribution in [2.75, 3.05) is 13.1 Å². The Balaban J connectivity index is 2.28. The Labute approximate surface area is 111 Å². The van der Waals surface area contributed by atoms with Gasteiger partial charge in [-0.3, -0.25) is 0 Å². The number of nitrogens with one attached hydrogen (secondary N) is 1. The van der Waals surface area contributed by atoms with Crippen LogP contribution < -0.4 is 5.32 Å². The molecule has 0 amide bonds. The first-order chi connectivity index (χ1) is 8.09. The van der Waals surface area contributed by atoms with E-state index >= 15 is 0 Å². The summed E-state index contributed by atoms with van der Waals surface area (Å²) in [5.41, 5.74) is 0. The molecule has 0 fully saturated rings. The van der Waals surface area contributed by atoms with Crippen molar-refractivity contribution in [2.45, 2.75) is 40.5 Å². The molecule has 1 aromatic rings. The van der Waals surface area contributed by atoms with Crippen molar-refractivity contribution in [3.05, 3.63) is 22.4 Å². The number of rotatable bonds is 8. The summed E-state index contributed by atoms with van der Waals surface area (Å²) in [6, 6.07) is 4.41. The second-order valence-corrected chi connectivity index (χ2v) is 6.71. The highest BCUT2D eigenvalue weighted by Crippen LogP contribution is 2.19. The summed E-state index contributed by atoms with van der Waals surface area (Å²) in [6.45, 7) is 11.5. The molecule has 2 heteroatoms. The van der Waals surface area contributed by atoms with Crippen LogP contribution in [0.2, 0.25) is 0 Å². The predicted octanol–water partition coefficient (Wildman–Crippen LogP) is 4.20. The van der Waals surface area contributed by atoms with E-state index < -0.39 is 0 Å². The first kappa shape index (κ1) is 14.7. The maximum Gasteiger partial charge on any atom is 0.00453 e. The zero-order valence-corrected chi connectivity index (χ0v) is 12.5. The fourth-order valence-electron chi connectivity index (χ4n) is 2.01. The van der Waals surface area contributed by atoms with Crippen molar-refractivity contribution < 1.29 is 0 Å². The quantitative estimate of drug-likeness (QED) is 0.732. The van der Waals surface area contributed by atoms with Gasteiger partial charge in [0.1, 0.15) is 0 Å². The molecule has 1 nitrogen and oxygen atoms in total. The Morgan fingerprint density at radius 1 is 1.18 bits per heavy atom. The fourth-order valence-corrected chi connectivity index (χ4v) is 2.74. The minimum Gasteiger partial charge on any atom is -0.316 e. The van der Waals surface area contributed by atoms with Gasteiger partial charge in [-0.15, -0.1) is 11.3 Å². The Kier molecular flexibility index (Phi) is 6.83. The molecule has 0 aliphatic carbocycles. The number of aryl methyl sites for hydroxylation is 1. The maximum atomic E-state index is 3.60. The lowest BCUT2D eigenvalue weighted by Gasteiger charge is -2.21. The third-order valence-corrected chi connectivity index (χ3v) is 4.18. The molecule has 98 valence electrons. The molecule has 0 saturated carbocycles. The average Bonchev–Trinajstić information content (AvgIpc) is 2.74. The minimum atomic E-state index is 0.750. The van der Waals surface area contributed by atoms with E-state index in [9.17, 15) is 0 Å². The van der Waals surface area contributed by atoms with Gasteiger partial charge < -0.3 is 5.32 Å². The van der Waals surface area contributed by atoms with E-state index in [2.05, 4.69) is 50.5 Å². The van der Waals surface area contributed by atoms with Gasteiger partial charge in [-0.25, -0.2) is 0 Å². The molecule has 1 atom stereocenters. The summed E-state index contributed by atoms with van der Waals surface area (Å²) >= 11 is 1.88. The standard InChI is InChI=1S/C15H27NS/c1-12(2)10-16-11-14(13(3)4)7-8-15-6-5-9-17-15/h5-6,9,12-14,16H,7-8,10-11H2,1-4H3. The predicted molar refractivity (Wildman–Crippen MR) is 78.7 cm³/mol. The molecule has 0 aromatic carbocycles. The van der Waals surface area contributed by atoms with Crippen LogP contribution in [0.15, 0.2) is 17.5 Å². The van der Waals surface area contributed by atoms with Crippen molar-refractivity contribution in [1.82, 2.24) is 5.32 Å². The number of hydrogen-bond donors (Lipinski definition) is 1. The van der Waals surface area contributed by atoms with Gasteiger partial charge >= 0.3 is 0 Å². The monoisotopic (exact) mass is 253 g/mol.